The lowest BCUT2D eigenvalue weighted by Crippen LogP contribution is -2.03. The first-order valence-electron chi connectivity index (χ1n) is 5.49. The van der Waals surface area contributed by atoms with Crippen LogP contribution in [0.3, 0.4) is 0 Å². The first kappa shape index (κ1) is 11.6. The average molecular weight is 279 g/mol. The molecule has 0 aliphatic carbocycles. The van der Waals surface area contributed by atoms with Crippen LogP contribution in [0.2, 0.25) is 0 Å². The Hall–Kier alpha value is -1.53. The van der Waals surface area contributed by atoms with Crippen LogP contribution in [0, 0.1) is 5.82 Å². The number of anilines is 1. The van der Waals surface area contributed by atoms with Gasteiger partial charge in [0.15, 0.2) is 5.13 Å². The molecule has 0 amide bonds. The molecule has 0 aliphatic heterocycles. The van der Waals surface area contributed by atoms with Crippen LogP contribution in [0.4, 0.5) is 9.52 Å². The molecule has 3 rings (SSSR count). The van der Waals surface area contributed by atoms with Gasteiger partial charge in [-0.25, -0.2) is 14.4 Å². The number of halogens is 1. The second-order valence-corrected chi connectivity index (χ2v) is 5.74. The molecule has 0 atom stereocenters. The van der Waals surface area contributed by atoms with Crippen LogP contribution in [0.5, 0.6) is 0 Å². The number of rotatable bonds is 4. The van der Waals surface area contributed by atoms with E-state index in [2.05, 4.69) is 15.3 Å². The summed E-state index contributed by atoms with van der Waals surface area (Å²) in [5.74, 6) is -0.248. The highest BCUT2D eigenvalue weighted by Crippen LogP contribution is 2.26. The van der Waals surface area contributed by atoms with Gasteiger partial charge in [0.2, 0.25) is 0 Å². The standard InChI is InChI=1S/C12H10FN3S2/c13-8-1-2-10-9(7-8)16-12(18-10)15-4-3-11-14-5-6-17-11/h1-2,5-7H,3-4H2,(H,15,16). The molecular weight excluding hydrogens is 269 g/mol. The predicted octanol–water partition coefficient (Wildman–Crippen LogP) is 3.55. The quantitative estimate of drug-likeness (QED) is 0.793. The Morgan fingerprint density at radius 3 is 3.11 bits per heavy atom. The van der Waals surface area contributed by atoms with Crippen molar-refractivity contribution in [3.05, 3.63) is 40.6 Å². The first-order valence-corrected chi connectivity index (χ1v) is 7.19. The number of thiazole rings is 2. The third-order valence-corrected chi connectivity index (χ3v) is 4.28. The summed E-state index contributed by atoms with van der Waals surface area (Å²) < 4.78 is 14.0. The van der Waals surface area contributed by atoms with Gasteiger partial charge in [-0.2, -0.15) is 0 Å². The molecule has 6 heteroatoms. The summed E-state index contributed by atoms with van der Waals surface area (Å²) in [6.45, 7) is 0.788. The van der Waals surface area contributed by atoms with Crippen molar-refractivity contribution >= 4 is 38.0 Å². The van der Waals surface area contributed by atoms with Crippen LogP contribution < -0.4 is 5.32 Å². The van der Waals surface area contributed by atoms with Crippen molar-refractivity contribution in [2.75, 3.05) is 11.9 Å². The highest BCUT2D eigenvalue weighted by molar-refractivity contribution is 7.22. The Balaban J connectivity index is 1.67. The minimum Gasteiger partial charge on any atom is -0.361 e. The molecule has 1 aromatic carbocycles. The van der Waals surface area contributed by atoms with Crippen molar-refractivity contribution in [3.63, 3.8) is 0 Å². The SMILES string of the molecule is Fc1ccc2sc(NCCc3nccs3)nc2c1. The summed E-state index contributed by atoms with van der Waals surface area (Å²) in [7, 11) is 0. The van der Waals surface area contributed by atoms with Gasteiger partial charge in [-0.05, 0) is 12.1 Å². The van der Waals surface area contributed by atoms with Gasteiger partial charge in [0.25, 0.3) is 0 Å². The van der Waals surface area contributed by atoms with Crippen molar-refractivity contribution in [3.8, 4) is 0 Å². The van der Waals surface area contributed by atoms with Gasteiger partial charge in [0, 0.05) is 30.6 Å². The van der Waals surface area contributed by atoms with Crippen LogP contribution in [0.1, 0.15) is 5.01 Å². The fourth-order valence-corrected chi connectivity index (χ4v) is 3.12. The van der Waals surface area contributed by atoms with Crippen LogP contribution >= 0.6 is 22.7 Å². The molecule has 0 radical (unpaired) electrons. The van der Waals surface area contributed by atoms with Gasteiger partial charge < -0.3 is 5.32 Å². The smallest absolute Gasteiger partial charge is 0.183 e. The van der Waals surface area contributed by atoms with E-state index in [0.717, 1.165) is 27.8 Å². The van der Waals surface area contributed by atoms with Crippen LogP contribution in [-0.2, 0) is 6.42 Å². The number of nitrogens with zero attached hydrogens (tertiary/aromatic N) is 2. The Morgan fingerprint density at radius 1 is 1.33 bits per heavy atom. The third kappa shape index (κ3) is 2.49. The molecule has 0 bridgehead atoms. The zero-order valence-corrected chi connectivity index (χ0v) is 11.0. The monoisotopic (exact) mass is 279 g/mol. The van der Waals surface area contributed by atoms with E-state index in [1.807, 2.05) is 5.38 Å². The van der Waals surface area contributed by atoms with E-state index in [0.29, 0.717) is 5.52 Å². The lowest BCUT2D eigenvalue weighted by molar-refractivity contribution is 0.629. The normalized spacial score (nSPS) is 10.9. The molecule has 3 nitrogen and oxygen atoms in total. The Morgan fingerprint density at radius 2 is 2.28 bits per heavy atom. The molecule has 18 heavy (non-hydrogen) atoms. The summed E-state index contributed by atoms with van der Waals surface area (Å²) >= 11 is 3.18. The van der Waals surface area contributed by atoms with Gasteiger partial charge in [-0.15, -0.1) is 11.3 Å². The molecule has 0 fully saturated rings. The van der Waals surface area contributed by atoms with Gasteiger partial charge >= 0.3 is 0 Å². The van der Waals surface area contributed by atoms with E-state index < -0.39 is 0 Å². The molecule has 2 aromatic heterocycles. The molecule has 0 saturated heterocycles. The van der Waals surface area contributed by atoms with E-state index in [-0.39, 0.29) is 5.82 Å². The zero-order valence-electron chi connectivity index (χ0n) is 9.39. The van der Waals surface area contributed by atoms with Crippen LogP contribution in [-0.4, -0.2) is 16.5 Å². The highest BCUT2D eigenvalue weighted by Gasteiger charge is 2.04. The molecule has 1 N–H and O–H groups in total. The van der Waals surface area contributed by atoms with E-state index >= 15 is 0 Å². The van der Waals surface area contributed by atoms with Crippen molar-refractivity contribution < 1.29 is 4.39 Å². The molecule has 3 aromatic rings. The maximum atomic E-state index is 13.0. The molecule has 0 spiro atoms. The van der Waals surface area contributed by atoms with E-state index in [1.54, 1.807) is 23.6 Å². The number of benzene rings is 1. The fraction of sp³-hybridized carbons (Fsp3) is 0.167. The van der Waals surface area contributed by atoms with E-state index in [1.165, 1.54) is 23.5 Å². The Bertz CT molecular complexity index is 648. The lowest BCUT2D eigenvalue weighted by atomic mass is 10.3. The Kier molecular flexibility index (Phi) is 3.21. The largest absolute Gasteiger partial charge is 0.361 e. The Labute approximate surface area is 111 Å². The van der Waals surface area contributed by atoms with E-state index in [9.17, 15) is 4.39 Å². The lowest BCUT2D eigenvalue weighted by Gasteiger charge is -1.98. The fourth-order valence-electron chi connectivity index (χ4n) is 1.63. The zero-order chi connectivity index (χ0) is 12.4. The summed E-state index contributed by atoms with van der Waals surface area (Å²) in [6.07, 6.45) is 2.68. The average Bonchev–Trinajstić information content (AvgIpc) is 2.97. The van der Waals surface area contributed by atoms with E-state index in [4.69, 9.17) is 0 Å². The second kappa shape index (κ2) is 4.99. The van der Waals surface area contributed by atoms with Gasteiger partial charge in [-0.1, -0.05) is 11.3 Å². The number of hydrogen-bond acceptors (Lipinski definition) is 5. The van der Waals surface area contributed by atoms with Crippen LogP contribution in [0.25, 0.3) is 10.2 Å². The summed E-state index contributed by atoms with van der Waals surface area (Å²) in [4.78, 5) is 8.56. The molecule has 92 valence electrons. The maximum absolute atomic E-state index is 13.0. The molecule has 2 heterocycles. The first-order chi connectivity index (χ1) is 8.81. The van der Waals surface area contributed by atoms with Gasteiger partial charge in [0.1, 0.15) is 5.82 Å². The number of nitrogens with one attached hydrogen (secondary N) is 1. The van der Waals surface area contributed by atoms with Crippen molar-refractivity contribution in [2.24, 2.45) is 0 Å². The summed E-state index contributed by atoms with van der Waals surface area (Å²) in [6, 6.07) is 4.67. The minimum absolute atomic E-state index is 0.248. The summed E-state index contributed by atoms with van der Waals surface area (Å²) in [5.41, 5.74) is 0.705. The van der Waals surface area contributed by atoms with Crippen molar-refractivity contribution in [1.29, 1.82) is 0 Å². The number of hydrogen-bond donors (Lipinski definition) is 1. The highest BCUT2D eigenvalue weighted by atomic mass is 32.1. The number of aromatic nitrogens is 2. The van der Waals surface area contributed by atoms with Crippen molar-refractivity contribution in [2.45, 2.75) is 6.42 Å². The van der Waals surface area contributed by atoms with Gasteiger partial charge in [0.05, 0.1) is 15.2 Å². The molecule has 0 aliphatic rings. The maximum Gasteiger partial charge on any atom is 0.183 e. The van der Waals surface area contributed by atoms with Crippen LogP contribution in [0.15, 0.2) is 29.8 Å². The molecular formula is C12H10FN3S2. The second-order valence-electron chi connectivity index (χ2n) is 3.73. The molecule has 0 saturated carbocycles. The predicted molar refractivity (Wildman–Crippen MR) is 73.9 cm³/mol. The third-order valence-electron chi connectivity index (χ3n) is 2.45. The van der Waals surface area contributed by atoms with Gasteiger partial charge in [-0.3, -0.25) is 0 Å². The van der Waals surface area contributed by atoms with Crippen molar-refractivity contribution in [1.82, 2.24) is 9.97 Å². The minimum atomic E-state index is -0.248. The topological polar surface area (TPSA) is 37.8 Å². The summed E-state index contributed by atoms with van der Waals surface area (Å²) in [5, 5.41) is 7.14. The molecule has 0 unspecified atom stereocenters. The number of fused-ring (bicyclic) bond motifs is 1.